The van der Waals surface area contributed by atoms with Gasteiger partial charge >= 0.3 is 11.9 Å². The predicted molar refractivity (Wildman–Crippen MR) is 47.0 cm³/mol. The fourth-order valence-corrected chi connectivity index (χ4v) is 0.649. The summed E-state index contributed by atoms with van der Waals surface area (Å²) in [7, 11) is 1.33. The second-order valence-corrected chi connectivity index (χ2v) is 2.60. The number of carbonyl (C=O) groups excluding carboxylic acids is 2. The molecule has 0 unspecified atom stereocenters. The number of carbonyl (C=O) groups is 2. The highest BCUT2D eigenvalue weighted by Crippen LogP contribution is 2.01. The van der Waals surface area contributed by atoms with Gasteiger partial charge in [-0.3, -0.25) is 4.79 Å². The molecule has 4 nitrogen and oxygen atoms in total. The molecule has 0 radical (unpaired) electrons. The fourth-order valence-electron chi connectivity index (χ4n) is 0.649. The molecule has 74 valence electrons. The summed E-state index contributed by atoms with van der Waals surface area (Å²) in [6.45, 7) is 5.59. The summed E-state index contributed by atoms with van der Waals surface area (Å²) in [5.74, 6) is -0.394. The average Bonchev–Trinajstić information content (AvgIpc) is 2.55. The first-order valence-corrected chi connectivity index (χ1v) is 3.97. The van der Waals surface area contributed by atoms with E-state index in [-0.39, 0.29) is 11.9 Å². The number of cyclic esters (lactones) is 1. The molecule has 1 fully saturated rings. The Kier molecular flexibility index (Phi) is 5.59. The lowest BCUT2D eigenvalue weighted by Crippen LogP contribution is -1.98. The minimum atomic E-state index is -0.347. The van der Waals surface area contributed by atoms with Gasteiger partial charge in [-0.15, -0.1) is 0 Å². The molecule has 0 aliphatic carbocycles. The standard InChI is InChI=1S/C5H8O2.C4H6O2/c1-4(2)5(6)7-3;5-4-2-1-3-6-4/h1H2,2-3H3;1-3H2. The van der Waals surface area contributed by atoms with Crippen molar-refractivity contribution in [1.29, 1.82) is 0 Å². The highest BCUT2D eigenvalue weighted by molar-refractivity contribution is 5.86. The van der Waals surface area contributed by atoms with Crippen molar-refractivity contribution in [2.75, 3.05) is 13.7 Å². The van der Waals surface area contributed by atoms with E-state index in [0.29, 0.717) is 18.6 Å². The van der Waals surface area contributed by atoms with Crippen LogP contribution in [0.2, 0.25) is 0 Å². The zero-order valence-electron chi connectivity index (χ0n) is 7.96. The maximum absolute atomic E-state index is 10.2. The fraction of sp³-hybridized carbons (Fsp3) is 0.556. The first-order chi connectivity index (χ1) is 6.07. The Hall–Kier alpha value is -1.32. The van der Waals surface area contributed by atoms with Crippen LogP contribution in [0.15, 0.2) is 12.2 Å². The molecule has 1 rings (SSSR count). The van der Waals surface area contributed by atoms with E-state index >= 15 is 0 Å². The summed E-state index contributed by atoms with van der Waals surface area (Å²) < 4.78 is 8.79. The Bertz CT molecular complexity index is 200. The number of rotatable bonds is 1. The van der Waals surface area contributed by atoms with Crippen LogP contribution in [0.4, 0.5) is 0 Å². The van der Waals surface area contributed by atoms with Gasteiger partial charge in [-0.25, -0.2) is 4.79 Å². The van der Waals surface area contributed by atoms with Gasteiger partial charge < -0.3 is 9.47 Å². The first kappa shape index (κ1) is 11.7. The molecule has 13 heavy (non-hydrogen) atoms. The molecule has 4 heteroatoms. The maximum atomic E-state index is 10.2. The maximum Gasteiger partial charge on any atom is 0.332 e. The Morgan fingerprint density at radius 3 is 2.31 bits per heavy atom. The molecule has 0 saturated carbocycles. The Morgan fingerprint density at radius 2 is 2.23 bits per heavy atom. The molecule has 0 aromatic carbocycles. The van der Waals surface area contributed by atoms with Gasteiger partial charge in [0.2, 0.25) is 0 Å². The number of hydrogen-bond donors (Lipinski definition) is 0. The molecule has 0 aromatic heterocycles. The van der Waals surface area contributed by atoms with E-state index in [4.69, 9.17) is 0 Å². The minimum Gasteiger partial charge on any atom is -0.466 e. The minimum absolute atomic E-state index is 0.0463. The largest absolute Gasteiger partial charge is 0.466 e. The lowest BCUT2D eigenvalue weighted by molar-refractivity contribution is -0.138. The highest BCUT2D eigenvalue weighted by atomic mass is 16.5. The van der Waals surface area contributed by atoms with Crippen LogP contribution in [-0.2, 0) is 19.1 Å². The molecular weight excluding hydrogens is 172 g/mol. The van der Waals surface area contributed by atoms with Gasteiger partial charge in [0.05, 0.1) is 13.7 Å². The normalized spacial score (nSPS) is 13.8. The van der Waals surface area contributed by atoms with E-state index in [1.54, 1.807) is 6.92 Å². The SMILES string of the molecule is C=C(C)C(=O)OC.O=C1CCCO1. The summed E-state index contributed by atoms with van der Waals surface area (Å²) in [4.78, 5) is 20.2. The lowest BCUT2D eigenvalue weighted by atomic mass is 10.4. The summed E-state index contributed by atoms with van der Waals surface area (Å²) in [5.41, 5.74) is 0.433. The van der Waals surface area contributed by atoms with Gasteiger partial charge in [-0.1, -0.05) is 6.58 Å². The van der Waals surface area contributed by atoms with Crippen molar-refractivity contribution >= 4 is 11.9 Å². The number of esters is 2. The van der Waals surface area contributed by atoms with E-state index in [9.17, 15) is 9.59 Å². The molecule has 1 aliphatic rings. The molecule has 0 aromatic rings. The number of methoxy groups -OCH3 is 1. The molecule has 0 atom stereocenters. The van der Waals surface area contributed by atoms with Gasteiger partial charge in [0.25, 0.3) is 0 Å². The number of hydrogen-bond acceptors (Lipinski definition) is 4. The Morgan fingerprint density at radius 1 is 1.62 bits per heavy atom. The molecule has 1 saturated heterocycles. The lowest BCUT2D eigenvalue weighted by Gasteiger charge is -1.91. The summed E-state index contributed by atoms with van der Waals surface area (Å²) in [6, 6.07) is 0. The van der Waals surface area contributed by atoms with Gasteiger partial charge in [0, 0.05) is 12.0 Å². The smallest absolute Gasteiger partial charge is 0.332 e. The topological polar surface area (TPSA) is 52.6 Å². The van der Waals surface area contributed by atoms with Crippen molar-refractivity contribution in [2.45, 2.75) is 19.8 Å². The quantitative estimate of drug-likeness (QED) is 0.454. The highest BCUT2D eigenvalue weighted by Gasteiger charge is 2.08. The van der Waals surface area contributed by atoms with E-state index < -0.39 is 0 Å². The van der Waals surface area contributed by atoms with Gasteiger partial charge in [0.15, 0.2) is 0 Å². The monoisotopic (exact) mass is 186 g/mol. The van der Waals surface area contributed by atoms with E-state index in [1.807, 2.05) is 0 Å². The van der Waals surface area contributed by atoms with Crippen molar-refractivity contribution < 1.29 is 19.1 Å². The van der Waals surface area contributed by atoms with Crippen LogP contribution in [-0.4, -0.2) is 25.7 Å². The van der Waals surface area contributed by atoms with Crippen molar-refractivity contribution in [1.82, 2.24) is 0 Å². The van der Waals surface area contributed by atoms with Crippen LogP contribution in [0, 0.1) is 0 Å². The second kappa shape index (κ2) is 6.22. The molecule has 1 aliphatic heterocycles. The van der Waals surface area contributed by atoms with Crippen molar-refractivity contribution in [2.24, 2.45) is 0 Å². The Labute approximate surface area is 77.5 Å². The summed E-state index contributed by atoms with van der Waals surface area (Å²) >= 11 is 0. The summed E-state index contributed by atoms with van der Waals surface area (Å²) in [6.07, 6.45) is 1.54. The third-order valence-corrected chi connectivity index (χ3v) is 1.32. The first-order valence-electron chi connectivity index (χ1n) is 3.97. The van der Waals surface area contributed by atoms with Crippen LogP contribution in [0.1, 0.15) is 19.8 Å². The summed E-state index contributed by atoms with van der Waals surface area (Å²) in [5, 5.41) is 0. The van der Waals surface area contributed by atoms with Gasteiger partial charge in [-0.05, 0) is 13.3 Å². The molecule has 0 N–H and O–H groups in total. The van der Waals surface area contributed by atoms with Crippen LogP contribution in [0.5, 0.6) is 0 Å². The molecule has 0 spiro atoms. The second-order valence-electron chi connectivity index (χ2n) is 2.60. The van der Waals surface area contributed by atoms with Crippen molar-refractivity contribution in [3.8, 4) is 0 Å². The molecule has 1 heterocycles. The van der Waals surface area contributed by atoms with Crippen LogP contribution >= 0.6 is 0 Å². The number of ether oxygens (including phenoxy) is 2. The Balaban J connectivity index is 0.000000223. The predicted octanol–water partition coefficient (Wildman–Crippen LogP) is 1.06. The average molecular weight is 186 g/mol. The van der Waals surface area contributed by atoms with E-state index in [2.05, 4.69) is 16.1 Å². The van der Waals surface area contributed by atoms with Gasteiger partial charge in [0.1, 0.15) is 0 Å². The molecular formula is C9H14O4. The third kappa shape index (κ3) is 5.90. The zero-order chi connectivity index (χ0) is 10.3. The third-order valence-electron chi connectivity index (χ3n) is 1.32. The van der Waals surface area contributed by atoms with E-state index in [0.717, 1.165) is 6.42 Å². The zero-order valence-corrected chi connectivity index (χ0v) is 7.96. The van der Waals surface area contributed by atoms with E-state index in [1.165, 1.54) is 7.11 Å². The van der Waals surface area contributed by atoms with Crippen LogP contribution in [0.25, 0.3) is 0 Å². The van der Waals surface area contributed by atoms with Crippen molar-refractivity contribution in [3.05, 3.63) is 12.2 Å². The van der Waals surface area contributed by atoms with Gasteiger partial charge in [-0.2, -0.15) is 0 Å². The van der Waals surface area contributed by atoms with Crippen LogP contribution in [0.3, 0.4) is 0 Å². The molecule has 0 amide bonds. The van der Waals surface area contributed by atoms with Crippen molar-refractivity contribution in [3.63, 3.8) is 0 Å². The van der Waals surface area contributed by atoms with Crippen LogP contribution < -0.4 is 0 Å². The molecule has 0 bridgehead atoms.